The summed E-state index contributed by atoms with van der Waals surface area (Å²) in [6.07, 6.45) is 0. The number of benzene rings is 3. The molecule has 0 saturated heterocycles. The molecule has 0 aliphatic carbocycles. The number of amides is 2. The molecule has 0 atom stereocenters. The van der Waals surface area contributed by atoms with E-state index in [0.29, 0.717) is 28.1 Å². The molecule has 0 radical (unpaired) electrons. The highest BCUT2D eigenvalue weighted by molar-refractivity contribution is 9.10. The first-order chi connectivity index (χ1) is 13.5. The van der Waals surface area contributed by atoms with Gasteiger partial charge in [-0.3, -0.25) is 10.00 Å². The Morgan fingerprint density at radius 1 is 1.07 bits per heavy atom. The number of anilines is 3. The number of H-pyrrole nitrogens is 1. The molecule has 0 spiro atoms. The minimum absolute atomic E-state index is 0.0779. The molecule has 4 rings (SSSR count). The standard InChI is InChI=1S/C20H16BrN5O2/c21-12-2-1-3-14(10-12)26(20(23)28)13-6-4-11(5-7-13)15-8-9-16(27)18-17(15)19(22)25-24-18/h1-10,27H,(H2,23,28)(H3,22,24,25). The average molecular weight is 438 g/mol. The third kappa shape index (κ3) is 3.03. The number of fused-ring (bicyclic) bond motifs is 1. The number of halogens is 1. The molecule has 3 aromatic carbocycles. The van der Waals surface area contributed by atoms with Crippen LogP contribution in [-0.4, -0.2) is 21.3 Å². The molecule has 8 heteroatoms. The number of aromatic amines is 1. The Kier molecular flexibility index (Phi) is 4.40. The molecule has 7 nitrogen and oxygen atoms in total. The average Bonchev–Trinajstić information content (AvgIpc) is 3.06. The van der Waals surface area contributed by atoms with E-state index in [1.54, 1.807) is 30.3 Å². The number of phenolic OH excluding ortho intramolecular Hbond substituents is 1. The fraction of sp³-hybridized carbons (Fsp3) is 0. The van der Waals surface area contributed by atoms with Crippen molar-refractivity contribution in [2.24, 2.45) is 5.73 Å². The molecule has 2 amide bonds. The van der Waals surface area contributed by atoms with E-state index in [2.05, 4.69) is 26.1 Å². The Hall–Kier alpha value is -3.52. The molecule has 1 aromatic heterocycles. The topological polar surface area (TPSA) is 121 Å². The number of nitrogen functional groups attached to an aromatic ring is 1. The highest BCUT2D eigenvalue weighted by Gasteiger charge is 2.17. The number of aromatic hydroxyl groups is 1. The van der Waals surface area contributed by atoms with Crippen LogP contribution in [0.5, 0.6) is 5.75 Å². The maximum absolute atomic E-state index is 12.1. The zero-order valence-electron chi connectivity index (χ0n) is 14.6. The first kappa shape index (κ1) is 17.9. The molecule has 4 aromatic rings. The fourth-order valence-electron chi connectivity index (χ4n) is 3.19. The van der Waals surface area contributed by atoms with E-state index in [4.69, 9.17) is 11.5 Å². The van der Waals surface area contributed by atoms with Crippen molar-refractivity contribution in [2.45, 2.75) is 0 Å². The summed E-state index contributed by atoms with van der Waals surface area (Å²) >= 11 is 3.41. The van der Waals surface area contributed by atoms with Crippen molar-refractivity contribution in [1.29, 1.82) is 0 Å². The van der Waals surface area contributed by atoms with Crippen LogP contribution in [0, 0.1) is 0 Å². The first-order valence-corrected chi connectivity index (χ1v) is 9.16. The van der Waals surface area contributed by atoms with E-state index >= 15 is 0 Å². The second-order valence-corrected chi connectivity index (χ2v) is 7.11. The maximum atomic E-state index is 12.1. The van der Waals surface area contributed by atoms with E-state index in [1.807, 2.05) is 30.3 Å². The van der Waals surface area contributed by atoms with Crippen molar-refractivity contribution >= 4 is 50.1 Å². The number of urea groups is 1. The van der Waals surface area contributed by atoms with Gasteiger partial charge in [-0.25, -0.2) is 4.79 Å². The summed E-state index contributed by atoms with van der Waals surface area (Å²) in [5.41, 5.74) is 15.0. The maximum Gasteiger partial charge on any atom is 0.323 e. The van der Waals surface area contributed by atoms with E-state index in [1.165, 1.54) is 4.90 Å². The Balaban J connectivity index is 1.78. The van der Waals surface area contributed by atoms with Crippen LogP contribution in [0.1, 0.15) is 0 Å². The number of carbonyl (C=O) groups is 1. The molecule has 0 fully saturated rings. The summed E-state index contributed by atoms with van der Waals surface area (Å²) in [6.45, 7) is 0. The number of phenols is 1. The van der Waals surface area contributed by atoms with Crippen molar-refractivity contribution < 1.29 is 9.90 Å². The number of rotatable bonds is 3. The van der Waals surface area contributed by atoms with E-state index in [0.717, 1.165) is 15.6 Å². The SMILES string of the molecule is NC(=O)N(c1ccc(-c2ccc(O)c3[nH]nc(N)c23)cc1)c1cccc(Br)c1. The Morgan fingerprint density at radius 2 is 1.82 bits per heavy atom. The number of hydrogen-bond acceptors (Lipinski definition) is 4. The first-order valence-electron chi connectivity index (χ1n) is 8.37. The number of hydrogen-bond donors (Lipinski definition) is 4. The van der Waals surface area contributed by atoms with Gasteiger partial charge in [0, 0.05) is 4.47 Å². The summed E-state index contributed by atoms with van der Waals surface area (Å²) in [5, 5.41) is 17.4. The number of nitrogens with two attached hydrogens (primary N) is 2. The largest absolute Gasteiger partial charge is 0.506 e. The summed E-state index contributed by atoms with van der Waals surface area (Å²) < 4.78 is 0.842. The molecule has 0 saturated carbocycles. The van der Waals surface area contributed by atoms with Crippen LogP contribution in [0.3, 0.4) is 0 Å². The summed E-state index contributed by atoms with van der Waals surface area (Å²) in [7, 11) is 0. The Bertz CT molecular complexity index is 1190. The van der Waals surface area contributed by atoms with Crippen molar-refractivity contribution in [3.8, 4) is 16.9 Å². The summed E-state index contributed by atoms with van der Waals surface area (Å²) in [4.78, 5) is 13.5. The van der Waals surface area contributed by atoms with Crippen LogP contribution in [0.15, 0.2) is 65.1 Å². The number of nitrogens with one attached hydrogen (secondary N) is 1. The molecule has 6 N–H and O–H groups in total. The smallest absolute Gasteiger partial charge is 0.323 e. The van der Waals surface area contributed by atoms with Gasteiger partial charge in [-0.05, 0) is 53.6 Å². The van der Waals surface area contributed by atoms with Gasteiger partial charge in [-0.2, -0.15) is 5.10 Å². The number of nitrogens with zero attached hydrogens (tertiary/aromatic N) is 2. The van der Waals surface area contributed by atoms with Gasteiger partial charge >= 0.3 is 6.03 Å². The van der Waals surface area contributed by atoms with Gasteiger partial charge in [0.15, 0.2) is 5.82 Å². The third-order valence-electron chi connectivity index (χ3n) is 4.45. The third-order valence-corrected chi connectivity index (χ3v) is 4.94. The van der Waals surface area contributed by atoms with Gasteiger partial charge in [0.2, 0.25) is 0 Å². The van der Waals surface area contributed by atoms with Crippen LogP contribution in [0.25, 0.3) is 22.0 Å². The van der Waals surface area contributed by atoms with Gasteiger partial charge in [-0.15, -0.1) is 0 Å². The van der Waals surface area contributed by atoms with Crippen LogP contribution in [0.4, 0.5) is 22.0 Å². The molecule has 0 unspecified atom stereocenters. The minimum atomic E-state index is -0.586. The minimum Gasteiger partial charge on any atom is -0.506 e. The molecular formula is C20H16BrN5O2. The van der Waals surface area contributed by atoms with Gasteiger partial charge in [0.05, 0.1) is 16.8 Å². The fourth-order valence-corrected chi connectivity index (χ4v) is 3.58. The normalized spacial score (nSPS) is 10.9. The summed E-state index contributed by atoms with van der Waals surface area (Å²) in [6, 6.07) is 17.4. The second-order valence-electron chi connectivity index (χ2n) is 6.19. The van der Waals surface area contributed by atoms with Crippen LogP contribution in [-0.2, 0) is 0 Å². The second kappa shape index (κ2) is 6.90. The van der Waals surface area contributed by atoms with Gasteiger partial charge in [0.25, 0.3) is 0 Å². The molecule has 28 heavy (non-hydrogen) atoms. The highest BCUT2D eigenvalue weighted by Crippen LogP contribution is 2.37. The lowest BCUT2D eigenvalue weighted by atomic mass is 10.0. The monoisotopic (exact) mass is 437 g/mol. The predicted octanol–water partition coefficient (Wildman–Crippen LogP) is 4.50. The Labute approximate surface area is 168 Å². The van der Waals surface area contributed by atoms with Crippen molar-refractivity contribution in [3.05, 3.63) is 65.1 Å². The lowest BCUT2D eigenvalue weighted by Crippen LogP contribution is -2.31. The zero-order valence-corrected chi connectivity index (χ0v) is 16.1. The quantitative estimate of drug-likeness (QED) is 0.376. The lowest BCUT2D eigenvalue weighted by molar-refractivity contribution is 0.256. The molecular weight excluding hydrogens is 422 g/mol. The van der Waals surface area contributed by atoms with Crippen LogP contribution < -0.4 is 16.4 Å². The molecule has 0 aliphatic rings. The number of primary amides is 1. The van der Waals surface area contributed by atoms with Gasteiger partial charge in [0.1, 0.15) is 11.3 Å². The number of carbonyl (C=O) groups excluding carboxylic acids is 1. The van der Waals surface area contributed by atoms with Crippen LogP contribution >= 0.6 is 15.9 Å². The summed E-state index contributed by atoms with van der Waals surface area (Å²) in [5.74, 6) is 0.381. The lowest BCUT2D eigenvalue weighted by Gasteiger charge is -2.21. The highest BCUT2D eigenvalue weighted by atomic mass is 79.9. The van der Waals surface area contributed by atoms with Crippen molar-refractivity contribution in [1.82, 2.24) is 10.2 Å². The molecule has 140 valence electrons. The molecule has 1 heterocycles. The molecule has 0 aliphatic heterocycles. The van der Waals surface area contributed by atoms with E-state index in [-0.39, 0.29) is 5.75 Å². The van der Waals surface area contributed by atoms with Gasteiger partial charge in [-0.1, -0.05) is 34.1 Å². The van der Waals surface area contributed by atoms with Gasteiger partial charge < -0.3 is 16.6 Å². The van der Waals surface area contributed by atoms with Crippen molar-refractivity contribution in [2.75, 3.05) is 10.6 Å². The Morgan fingerprint density at radius 3 is 2.50 bits per heavy atom. The van der Waals surface area contributed by atoms with E-state index < -0.39 is 6.03 Å². The van der Waals surface area contributed by atoms with E-state index in [9.17, 15) is 9.90 Å². The number of aromatic nitrogens is 2. The zero-order chi connectivity index (χ0) is 19.8. The molecule has 0 bridgehead atoms. The van der Waals surface area contributed by atoms with Crippen LogP contribution in [0.2, 0.25) is 0 Å². The van der Waals surface area contributed by atoms with Crippen molar-refractivity contribution in [3.63, 3.8) is 0 Å². The predicted molar refractivity (Wildman–Crippen MR) is 113 cm³/mol.